The first-order chi connectivity index (χ1) is 11.0. The Labute approximate surface area is 136 Å². The van der Waals surface area contributed by atoms with Crippen molar-refractivity contribution >= 4 is 6.09 Å². The van der Waals surface area contributed by atoms with Gasteiger partial charge < -0.3 is 14.7 Å². The molecular weight excluding hydrogens is 292 g/mol. The Kier molecular flexibility index (Phi) is 4.27. The van der Waals surface area contributed by atoms with E-state index in [0.29, 0.717) is 18.7 Å². The number of nitrogens with zero attached hydrogens (tertiary/aromatic N) is 2. The van der Waals surface area contributed by atoms with Crippen molar-refractivity contribution in [3.63, 3.8) is 0 Å². The van der Waals surface area contributed by atoms with Crippen LogP contribution in [0.15, 0.2) is 18.2 Å². The number of likely N-dealkylation sites (tertiary alicyclic amines) is 1. The lowest BCUT2D eigenvalue weighted by Crippen LogP contribution is -2.49. The standard InChI is InChI=1S/C18H22N2O3/c1-13-5-3-6-14(19-13)8-11-18(22)10-4-7-16-15(18)9-12-20(16)17(21)23-2/h3,5-6,15-16,22H,4,7,9-10,12H2,1-2H3/t15?,16?,18-/m1/s1. The molecule has 3 rings (SSSR count). The van der Waals surface area contributed by atoms with Crippen LogP contribution in [0.2, 0.25) is 0 Å². The maximum absolute atomic E-state index is 11.9. The minimum absolute atomic E-state index is 0.0148. The van der Waals surface area contributed by atoms with Gasteiger partial charge in [-0.2, -0.15) is 0 Å². The molecular formula is C18H22N2O3. The molecule has 3 atom stereocenters. The molecule has 5 heteroatoms. The molecule has 1 aromatic heterocycles. The number of amides is 1. The summed E-state index contributed by atoms with van der Waals surface area (Å²) in [5, 5.41) is 11.1. The second kappa shape index (κ2) is 6.21. The third-order valence-electron chi connectivity index (χ3n) is 4.92. The van der Waals surface area contributed by atoms with Gasteiger partial charge in [0.2, 0.25) is 0 Å². The van der Waals surface area contributed by atoms with E-state index in [1.54, 1.807) is 4.90 Å². The number of hydrogen-bond donors (Lipinski definition) is 1. The van der Waals surface area contributed by atoms with Gasteiger partial charge in [0.05, 0.1) is 7.11 Å². The molecule has 1 saturated heterocycles. The summed E-state index contributed by atoms with van der Waals surface area (Å²) in [4.78, 5) is 18.0. The first-order valence-corrected chi connectivity index (χ1v) is 8.07. The first kappa shape index (κ1) is 15.8. The number of rotatable bonds is 0. The van der Waals surface area contributed by atoms with Gasteiger partial charge in [-0.1, -0.05) is 12.0 Å². The van der Waals surface area contributed by atoms with Gasteiger partial charge in [-0.3, -0.25) is 0 Å². The average Bonchev–Trinajstić information content (AvgIpc) is 2.98. The van der Waals surface area contributed by atoms with Crippen LogP contribution < -0.4 is 0 Å². The summed E-state index contributed by atoms with van der Waals surface area (Å²) in [5.41, 5.74) is 0.517. The minimum Gasteiger partial charge on any atom is -0.453 e. The lowest BCUT2D eigenvalue weighted by Gasteiger charge is -2.39. The summed E-state index contributed by atoms with van der Waals surface area (Å²) in [5.74, 6) is 6.05. The first-order valence-electron chi connectivity index (χ1n) is 8.07. The number of pyridine rings is 1. The topological polar surface area (TPSA) is 62.7 Å². The maximum atomic E-state index is 11.9. The van der Waals surface area contributed by atoms with Crippen LogP contribution in [0.1, 0.15) is 37.1 Å². The number of aliphatic hydroxyl groups is 1. The largest absolute Gasteiger partial charge is 0.453 e. The molecule has 5 nitrogen and oxygen atoms in total. The van der Waals surface area contributed by atoms with Crippen LogP contribution in [-0.4, -0.2) is 46.4 Å². The Morgan fingerprint density at radius 3 is 3.04 bits per heavy atom. The summed E-state index contributed by atoms with van der Waals surface area (Å²) < 4.78 is 4.85. The molecule has 1 aliphatic carbocycles. The fourth-order valence-corrected chi connectivity index (χ4v) is 3.82. The van der Waals surface area contributed by atoms with Gasteiger partial charge in [-0.25, -0.2) is 9.78 Å². The number of aryl methyl sites for hydroxylation is 1. The number of aromatic nitrogens is 1. The SMILES string of the molecule is COC(=O)N1CCC2C1CCC[C@@]2(O)C#Cc1cccc(C)n1. The molecule has 2 aliphatic rings. The van der Waals surface area contributed by atoms with E-state index >= 15 is 0 Å². The van der Waals surface area contributed by atoms with E-state index in [9.17, 15) is 9.90 Å². The molecule has 0 radical (unpaired) electrons. The molecule has 1 N–H and O–H groups in total. The quantitative estimate of drug-likeness (QED) is 0.745. The van der Waals surface area contributed by atoms with Gasteiger partial charge in [0, 0.05) is 24.2 Å². The number of fused-ring (bicyclic) bond motifs is 1. The van der Waals surface area contributed by atoms with Crippen molar-refractivity contribution in [1.29, 1.82) is 0 Å². The Morgan fingerprint density at radius 1 is 1.48 bits per heavy atom. The fourth-order valence-electron chi connectivity index (χ4n) is 3.82. The number of carbonyl (C=O) groups excluding carboxylic acids is 1. The van der Waals surface area contributed by atoms with Crippen molar-refractivity contribution in [2.45, 2.75) is 44.2 Å². The molecule has 1 amide bonds. The van der Waals surface area contributed by atoms with Crippen molar-refractivity contribution < 1.29 is 14.6 Å². The van der Waals surface area contributed by atoms with Crippen molar-refractivity contribution in [3.8, 4) is 11.8 Å². The number of carbonyl (C=O) groups is 1. The monoisotopic (exact) mass is 314 g/mol. The van der Waals surface area contributed by atoms with E-state index in [1.807, 2.05) is 25.1 Å². The molecule has 122 valence electrons. The Hall–Kier alpha value is -2.06. The molecule has 2 fully saturated rings. The average molecular weight is 314 g/mol. The van der Waals surface area contributed by atoms with Gasteiger partial charge in [0.15, 0.2) is 0 Å². The normalized spacial score (nSPS) is 29.4. The van der Waals surface area contributed by atoms with E-state index < -0.39 is 5.60 Å². The third-order valence-corrected chi connectivity index (χ3v) is 4.92. The predicted octanol–water partition coefficient (Wildman–Crippen LogP) is 2.11. The van der Waals surface area contributed by atoms with Gasteiger partial charge in [0.25, 0.3) is 0 Å². The highest BCUT2D eigenvalue weighted by atomic mass is 16.5. The van der Waals surface area contributed by atoms with Crippen LogP contribution >= 0.6 is 0 Å². The van der Waals surface area contributed by atoms with Gasteiger partial charge in [0.1, 0.15) is 11.3 Å². The van der Waals surface area contributed by atoms with Crippen molar-refractivity contribution in [2.24, 2.45) is 5.92 Å². The van der Waals surface area contributed by atoms with Crippen LogP contribution in [0.5, 0.6) is 0 Å². The molecule has 0 aromatic carbocycles. The van der Waals surface area contributed by atoms with E-state index in [1.165, 1.54) is 7.11 Å². The van der Waals surface area contributed by atoms with E-state index in [0.717, 1.165) is 25.0 Å². The fraction of sp³-hybridized carbons (Fsp3) is 0.556. The van der Waals surface area contributed by atoms with Crippen molar-refractivity contribution in [1.82, 2.24) is 9.88 Å². The lowest BCUT2D eigenvalue weighted by atomic mass is 9.73. The van der Waals surface area contributed by atoms with E-state index in [-0.39, 0.29) is 18.1 Å². The Bertz CT molecular complexity index is 664. The minimum atomic E-state index is -1.06. The highest BCUT2D eigenvalue weighted by Gasteiger charge is 2.50. The van der Waals surface area contributed by atoms with Crippen LogP contribution in [-0.2, 0) is 4.74 Å². The number of hydrogen-bond acceptors (Lipinski definition) is 4. The molecule has 1 aromatic rings. The van der Waals surface area contributed by atoms with Crippen LogP contribution in [0, 0.1) is 24.7 Å². The lowest BCUT2D eigenvalue weighted by molar-refractivity contribution is -0.0136. The van der Waals surface area contributed by atoms with Gasteiger partial charge >= 0.3 is 6.09 Å². The number of ether oxygens (including phenoxy) is 1. The maximum Gasteiger partial charge on any atom is 0.409 e. The zero-order valence-corrected chi connectivity index (χ0v) is 13.6. The van der Waals surface area contributed by atoms with Crippen molar-refractivity contribution in [3.05, 3.63) is 29.6 Å². The summed E-state index contributed by atoms with van der Waals surface area (Å²) in [6.45, 7) is 2.54. The highest BCUT2D eigenvalue weighted by molar-refractivity contribution is 5.68. The summed E-state index contributed by atoms with van der Waals surface area (Å²) in [6.07, 6.45) is 2.83. The Balaban J connectivity index is 1.83. The summed E-state index contributed by atoms with van der Waals surface area (Å²) in [6, 6.07) is 5.69. The predicted molar refractivity (Wildman–Crippen MR) is 85.7 cm³/mol. The van der Waals surface area contributed by atoms with Crippen molar-refractivity contribution in [2.75, 3.05) is 13.7 Å². The van der Waals surface area contributed by atoms with Crippen LogP contribution in [0.3, 0.4) is 0 Å². The van der Waals surface area contributed by atoms with Gasteiger partial charge in [-0.05, 0) is 50.7 Å². The molecule has 1 aliphatic heterocycles. The number of methoxy groups -OCH3 is 1. The summed E-state index contributed by atoms with van der Waals surface area (Å²) in [7, 11) is 1.40. The highest BCUT2D eigenvalue weighted by Crippen LogP contribution is 2.42. The second-order valence-electron chi connectivity index (χ2n) is 6.36. The molecule has 0 bridgehead atoms. The third kappa shape index (κ3) is 3.04. The van der Waals surface area contributed by atoms with E-state index in [4.69, 9.17) is 4.74 Å². The smallest absolute Gasteiger partial charge is 0.409 e. The molecule has 0 spiro atoms. The van der Waals surface area contributed by atoms with E-state index in [2.05, 4.69) is 16.8 Å². The molecule has 1 saturated carbocycles. The Morgan fingerprint density at radius 2 is 2.30 bits per heavy atom. The molecule has 23 heavy (non-hydrogen) atoms. The zero-order valence-electron chi connectivity index (χ0n) is 13.6. The molecule has 2 heterocycles. The zero-order chi connectivity index (χ0) is 16.4. The summed E-state index contributed by atoms with van der Waals surface area (Å²) >= 11 is 0. The van der Waals surface area contributed by atoms with Crippen LogP contribution in [0.4, 0.5) is 4.79 Å². The second-order valence-corrected chi connectivity index (χ2v) is 6.36. The van der Waals surface area contributed by atoms with Gasteiger partial charge in [-0.15, -0.1) is 0 Å². The van der Waals surface area contributed by atoms with Crippen LogP contribution in [0.25, 0.3) is 0 Å². The molecule has 2 unspecified atom stereocenters.